The van der Waals surface area contributed by atoms with Crippen molar-refractivity contribution in [3.63, 3.8) is 0 Å². The summed E-state index contributed by atoms with van der Waals surface area (Å²) in [5, 5.41) is 9.30. The minimum atomic E-state index is -0.197. The molecule has 24 heavy (non-hydrogen) atoms. The van der Waals surface area contributed by atoms with E-state index in [0.717, 1.165) is 0 Å². The van der Waals surface area contributed by atoms with Crippen molar-refractivity contribution in [2.75, 3.05) is 13.7 Å². The van der Waals surface area contributed by atoms with Crippen molar-refractivity contribution in [3.8, 4) is 17.6 Å². The Morgan fingerprint density at radius 2 is 2.12 bits per heavy atom. The van der Waals surface area contributed by atoms with E-state index in [1.165, 1.54) is 13.2 Å². The second kappa shape index (κ2) is 8.19. The Morgan fingerprint density at radius 1 is 1.33 bits per heavy atom. The van der Waals surface area contributed by atoms with Gasteiger partial charge >= 0.3 is 0 Å². The molecule has 0 N–H and O–H groups in total. The van der Waals surface area contributed by atoms with Gasteiger partial charge in [0.25, 0.3) is 0 Å². The summed E-state index contributed by atoms with van der Waals surface area (Å²) < 4.78 is 10.7. The fraction of sp³-hybridized carbons (Fsp3) is 0.158. The van der Waals surface area contributed by atoms with Crippen LogP contribution in [0.3, 0.4) is 0 Å². The van der Waals surface area contributed by atoms with Crippen LogP contribution in [0, 0.1) is 11.3 Å². The number of halogens is 1. The minimum Gasteiger partial charge on any atom is -0.491 e. The van der Waals surface area contributed by atoms with Crippen LogP contribution in [0.5, 0.6) is 11.5 Å². The maximum Gasteiger partial charge on any atom is 0.185 e. The molecule has 0 heterocycles. The number of ketones is 1. The van der Waals surface area contributed by atoms with Gasteiger partial charge in [0.05, 0.1) is 30.4 Å². The van der Waals surface area contributed by atoms with E-state index in [4.69, 9.17) is 26.3 Å². The first kappa shape index (κ1) is 17.6. The van der Waals surface area contributed by atoms with E-state index in [1.54, 1.807) is 42.5 Å². The molecule has 0 unspecified atom stereocenters. The highest BCUT2D eigenvalue weighted by molar-refractivity contribution is 6.32. The second-order valence-corrected chi connectivity index (χ2v) is 5.26. The number of hydrogen-bond donors (Lipinski definition) is 0. The number of carbonyl (C=O) groups is 1. The Balaban J connectivity index is 2.28. The second-order valence-electron chi connectivity index (χ2n) is 4.86. The fourth-order valence-corrected chi connectivity index (χ4v) is 2.45. The molecule has 2 aromatic rings. The number of hydrogen-bond acceptors (Lipinski definition) is 4. The summed E-state index contributed by atoms with van der Waals surface area (Å²) in [4.78, 5) is 12.2. The molecule has 0 bridgehead atoms. The Hall–Kier alpha value is -2.77. The van der Waals surface area contributed by atoms with Gasteiger partial charge in [0, 0.05) is 5.56 Å². The average Bonchev–Trinajstić information content (AvgIpc) is 2.60. The largest absolute Gasteiger partial charge is 0.491 e. The van der Waals surface area contributed by atoms with Crippen molar-refractivity contribution in [3.05, 3.63) is 64.2 Å². The van der Waals surface area contributed by atoms with E-state index in [2.05, 4.69) is 0 Å². The van der Waals surface area contributed by atoms with Crippen molar-refractivity contribution in [2.24, 2.45) is 0 Å². The van der Waals surface area contributed by atoms with Gasteiger partial charge in [-0.2, -0.15) is 5.26 Å². The molecule has 0 spiro atoms. The molecule has 0 aliphatic carbocycles. The highest BCUT2D eigenvalue weighted by atomic mass is 35.5. The van der Waals surface area contributed by atoms with E-state index in [1.807, 2.05) is 13.0 Å². The van der Waals surface area contributed by atoms with Gasteiger partial charge in [-0.15, -0.1) is 0 Å². The normalized spacial score (nSPS) is 10.4. The molecule has 0 fully saturated rings. The van der Waals surface area contributed by atoms with E-state index in [-0.39, 0.29) is 5.78 Å². The van der Waals surface area contributed by atoms with Crippen molar-refractivity contribution in [2.45, 2.75) is 6.92 Å². The summed E-state index contributed by atoms with van der Waals surface area (Å²) in [5.41, 5.74) is 1.62. The molecular formula is C19H16ClNO3. The summed E-state index contributed by atoms with van der Waals surface area (Å²) >= 11 is 6.18. The maximum absolute atomic E-state index is 12.2. The summed E-state index contributed by atoms with van der Waals surface area (Å²) in [6.07, 6.45) is 3.08. The van der Waals surface area contributed by atoms with Gasteiger partial charge in [-0.3, -0.25) is 4.79 Å². The van der Waals surface area contributed by atoms with Crippen LogP contribution in [0.1, 0.15) is 28.4 Å². The minimum absolute atomic E-state index is 0.197. The number of benzene rings is 2. The van der Waals surface area contributed by atoms with Gasteiger partial charge in [0.15, 0.2) is 17.3 Å². The van der Waals surface area contributed by atoms with Crippen molar-refractivity contribution in [1.29, 1.82) is 5.26 Å². The van der Waals surface area contributed by atoms with Crippen LogP contribution in [0.2, 0.25) is 5.02 Å². The summed E-state index contributed by atoms with van der Waals surface area (Å²) in [7, 11) is 1.52. The van der Waals surface area contributed by atoms with E-state index < -0.39 is 0 Å². The molecule has 0 aliphatic rings. The lowest BCUT2D eigenvalue weighted by atomic mass is 10.1. The number of methoxy groups -OCH3 is 1. The van der Waals surface area contributed by atoms with E-state index in [9.17, 15) is 4.79 Å². The standard InChI is InChI=1S/C19H16ClNO3/c1-3-24-18-11-13(10-16(20)19(18)23-2)7-8-17(22)15-6-4-5-14(9-15)12-21/h4-11H,3H2,1-2H3/b8-7+. The first-order valence-corrected chi connectivity index (χ1v) is 7.69. The first-order valence-electron chi connectivity index (χ1n) is 7.32. The Kier molecular flexibility index (Phi) is 6.00. The predicted octanol–water partition coefficient (Wildman–Crippen LogP) is 4.52. The summed E-state index contributed by atoms with van der Waals surface area (Å²) in [5.74, 6) is 0.784. The van der Waals surface area contributed by atoms with Crippen LogP contribution in [0.25, 0.3) is 6.08 Å². The van der Waals surface area contributed by atoms with Gasteiger partial charge in [0.1, 0.15) is 0 Å². The van der Waals surface area contributed by atoms with Crippen LogP contribution in [0.4, 0.5) is 0 Å². The van der Waals surface area contributed by atoms with Gasteiger partial charge in [-0.1, -0.05) is 29.8 Å². The lowest BCUT2D eigenvalue weighted by Crippen LogP contribution is -1.97. The maximum atomic E-state index is 12.2. The van der Waals surface area contributed by atoms with Crippen LogP contribution in [0.15, 0.2) is 42.5 Å². The van der Waals surface area contributed by atoms with Gasteiger partial charge in [-0.05, 0) is 42.8 Å². The highest BCUT2D eigenvalue weighted by Crippen LogP contribution is 2.36. The number of carbonyl (C=O) groups excluding carboxylic acids is 1. The van der Waals surface area contributed by atoms with E-state index in [0.29, 0.717) is 39.8 Å². The van der Waals surface area contributed by atoms with Crippen molar-refractivity contribution in [1.82, 2.24) is 0 Å². The summed E-state index contributed by atoms with van der Waals surface area (Å²) in [6, 6.07) is 12.0. The number of ether oxygens (including phenoxy) is 2. The van der Waals surface area contributed by atoms with Crippen molar-refractivity contribution >= 4 is 23.5 Å². The lowest BCUT2D eigenvalue weighted by Gasteiger charge is -2.11. The van der Waals surface area contributed by atoms with E-state index >= 15 is 0 Å². The molecule has 2 aromatic carbocycles. The molecule has 5 heteroatoms. The van der Waals surface area contributed by atoms with Crippen LogP contribution in [-0.2, 0) is 0 Å². The molecule has 0 saturated carbocycles. The Morgan fingerprint density at radius 3 is 2.79 bits per heavy atom. The number of nitriles is 1. The van der Waals surface area contributed by atoms with Crippen LogP contribution < -0.4 is 9.47 Å². The molecule has 0 amide bonds. The third kappa shape index (κ3) is 4.15. The molecule has 2 rings (SSSR count). The van der Waals surface area contributed by atoms with Gasteiger partial charge < -0.3 is 9.47 Å². The fourth-order valence-electron chi connectivity index (χ4n) is 2.16. The zero-order valence-electron chi connectivity index (χ0n) is 13.4. The third-order valence-electron chi connectivity index (χ3n) is 3.24. The predicted molar refractivity (Wildman–Crippen MR) is 93.7 cm³/mol. The van der Waals surface area contributed by atoms with Gasteiger partial charge in [-0.25, -0.2) is 0 Å². The quantitative estimate of drug-likeness (QED) is 0.572. The first-order chi connectivity index (χ1) is 11.6. The third-order valence-corrected chi connectivity index (χ3v) is 3.52. The van der Waals surface area contributed by atoms with Crippen LogP contribution >= 0.6 is 11.6 Å². The van der Waals surface area contributed by atoms with Crippen molar-refractivity contribution < 1.29 is 14.3 Å². The smallest absolute Gasteiger partial charge is 0.185 e. The molecule has 0 atom stereocenters. The molecular weight excluding hydrogens is 326 g/mol. The average molecular weight is 342 g/mol. The number of nitrogens with zero attached hydrogens (tertiary/aromatic N) is 1. The zero-order valence-corrected chi connectivity index (χ0v) is 14.1. The SMILES string of the molecule is CCOc1cc(/C=C/C(=O)c2cccc(C#N)c2)cc(Cl)c1OC. The van der Waals surface area contributed by atoms with Gasteiger partial charge in [0.2, 0.25) is 0 Å². The number of rotatable bonds is 6. The molecule has 4 nitrogen and oxygen atoms in total. The molecule has 0 aliphatic heterocycles. The highest BCUT2D eigenvalue weighted by Gasteiger charge is 2.11. The Labute approximate surface area is 145 Å². The number of allylic oxidation sites excluding steroid dienone is 1. The van der Waals surface area contributed by atoms with Crippen LogP contribution in [-0.4, -0.2) is 19.5 Å². The molecule has 0 aromatic heterocycles. The molecule has 122 valence electrons. The topological polar surface area (TPSA) is 59.3 Å². The Bertz CT molecular complexity index is 822. The molecule has 0 saturated heterocycles. The monoisotopic (exact) mass is 341 g/mol. The zero-order chi connectivity index (χ0) is 17.5. The lowest BCUT2D eigenvalue weighted by molar-refractivity contribution is 0.104. The molecule has 0 radical (unpaired) electrons. The summed E-state index contributed by atoms with van der Waals surface area (Å²) in [6.45, 7) is 2.33.